The molecule has 0 radical (unpaired) electrons. The molecule has 0 saturated carbocycles. The Morgan fingerprint density at radius 1 is 1.24 bits per heavy atom. The maximum atomic E-state index is 11.8. The van der Waals surface area contributed by atoms with Gasteiger partial charge < -0.3 is 20.4 Å². The highest BCUT2D eigenvalue weighted by Gasteiger charge is 2.41. The van der Waals surface area contributed by atoms with Crippen LogP contribution in [0, 0.1) is 0 Å². The zero-order valence-corrected chi connectivity index (χ0v) is 15.9. The lowest BCUT2D eigenvalue weighted by Crippen LogP contribution is -2.53. The van der Waals surface area contributed by atoms with Gasteiger partial charge in [0.15, 0.2) is 9.84 Å². The van der Waals surface area contributed by atoms with E-state index in [1.54, 1.807) is 12.1 Å². The molecule has 25 heavy (non-hydrogen) atoms. The number of carbonyl (C=O) groups is 2. The number of amides is 2. The Bertz CT molecular complexity index is 718. The molecule has 1 saturated heterocycles. The molecule has 2 atom stereocenters. The number of rotatable bonds is 6. The van der Waals surface area contributed by atoms with Gasteiger partial charge in [0.05, 0.1) is 36.9 Å². The fourth-order valence-corrected chi connectivity index (χ4v) is 4.39. The van der Waals surface area contributed by atoms with E-state index in [0.717, 1.165) is 0 Å². The number of nitrogens with one attached hydrogen (secondary N) is 3. The topological polar surface area (TPSA) is 118 Å². The molecule has 0 aliphatic carbocycles. The third-order valence-corrected chi connectivity index (χ3v) is 5.74. The number of sulfone groups is 1. The SMILES string of the molecule is O=C(CNC1CS(=O)(=O)CC1NC(=O)C(Cl)(Cl)Cl)NCc1ccco1. The van der Waals surface area contributed by atoms with Crippen LogP contribution >= 0.6 is 34.8 Å². The Labute approximate surface area is 159 Å². The first-order valence-electron chi connectivity index (χ1n) is 7.17. The molecule has 12 heteroatoms. The van der Waals surface area contributed by atoms with E-state index in [1.165, 1.54) is 6.26 Å². The van der Waals surface area contributed by atoms with Crippen molar-refractivity contribution >= 4 is 56.5 Å². The Balaban J connectivity index is 1.87. The second kappa shape index (κ2) is 8.13. The van der Waals surface area contributed by atoms with Crippen LogP contribution in [0.15, 0.2) is 22.8 Å². The number of furan rings is 1. The van der Waals surface area contributed by atoms with Gasteiger partial charge >= 0.3 is 0 Å². The summed E-state index contributed by atoms with van der Waals surface area (Å²) in [5.74, 6) is -1.22. The minimum atomic E-state index is -3.38. The molecule has 8 nitrogen and oxygen atoms in total. The minimum absolute atomic E-state index is 0.138. The second-order valence-corrected chi connectivity index (χ2v) is 9.93. The average Bonchev–Trinajstić information content (AvgIpc) is 3.09. The van der Waals surface area contributed by atoms with Crippen molar-refractivity contribution in [3.63, 3.8) is 0 Å². The van der Waals surface area contributed by atoms with E-state index in [4.69, 9.17) is 39.2 Å². The third-order valence-electron chi connectivity index (χ3n) is 3.49. The number of carbonyl (C=O) groups excluding carboxylic acids is 2. The van der Waals surface area contributed by atoms with Crippen LogP contribution < -0.4 is 16.0 Å². The highest BCUT2D eigenvalue weighted by Crippen LogP contribution is 2.26. The van der Waals surface area contributed by atoms with Crippen LogP contribution in [0.3, 0.4) is 0 Å². The summed E-state index contributed by atoms with van der Waals surface area (Å²) in [5.41, 5.74) is 0. The molecule has 0 aromatic carbocycles. The van der Waals surface area contributed by atoms with Gasteiger partial charge in [-0.2, -0.15) is 0 Å². The van der Waals surface area contributed by atoms with Crippen molar-refractivity contribution in [2.24, 2.45) is 0 Å². The molecule has 3 N–H and O–H groups in total. The van der Waals surface area contributed by atoms with Crippen molar-refractivity contribution in [3.8, 4) is 0 Å². The van der Waals surface area contributed by atoms with Crippen LogP contribution in [0.1, 0.15) is 5.76 Å². The van der Waals surface area contributed by atoms with E-state index in [2.05, 4.69) is 16.0 Å². The predicted molar refractivity (Wildman–Crippen MR) is 93.2 cm³/mol. The van der Waals surface area contributed by atoms with Gasteiger partial charge in [-0.15, -0.1) is 0 Å². The predicted octanol–water partition coefficient (Wildman–Crippen LogP) is 0.137. The van der Waals surface area contributed by atoms with Crippen LogP contribution in [0.25, 0.3) is 0 Å². The molecule has 140 valence electrons. The first kappa shape index (κ1) is 20.3. The first-order chi connectivity index (χ1) is 11.6. The van der Waals surface area contributed by atoms with E-state index in [-0.39, 0.29) is 30.5 Å². The maximum Gasteiger partial charge on any atom is 0.272 e. The molecule has 2 heterocycles. The van der Waals surface area contributed by atoms with Gasteiger partial charge in [0.2, 0.25) is 5.91 Å². The highest BCUT2D eigenvalue weighted by molar-refractivity contribution is 7.91. The number of hydrogen-bond donors (Lipinski definition) is 3. The summed E-state index contributed by atoms with van der Waals surface area (Å²) in [4.78, 5) is 23.6. The molecule has 1 aromatic heterocycles. The number of alkyl halides is 3. The van der Waals surface area contributed by atoms with Gasteiger partial charge in [0.1, 0.15) is 5.76 Å². The summed E-state index contributed by atoms with van der Waals surface area (Å²) in [6, 6.07) is 1.93. The number of halogens is 3. The Kier molecular flexibility index (Phi) is 6.61. The molecular formula is C13H16Cl3N3O5S. The van der Waals surface area contributed by atoms with Gasteiger partial charge in [0.25, 0.3) is 9.70 Å². The summed E-state index contributed by atoms with van der Waals surface area (Å²) in [5, 5.41) is 7.80. The summed E-state index contributed by atoms with van der Waals surface area (Å²) in [6.45, 7) is 0.0743. The van der Waals surface area contributed by atoms with Crippen molar-refractivity contribution < 1.29 is 22.4 Å². The summed E-state index contributed by atoms with van der Waals surface area (Å²) < 4.78 is 26.5. The summed E-state index contributed by atoms with van der Waals surface area (Å²) >= 11 is 16.4. The highest BCUT2D eigenvalue weighted by atomic mass is 35.6. The normalized spacial score (nSPS) is 22.5. The molecule has 0 bridgehead atoms. The van der Waals surface area contributed by atoms with Crippen LogP contribution in [-0.4, -0.2) is 54.2 Å². The average molecular weight is 433 g/mol. The first-order valence-corrected chi connectivity index (χ1v) is 10.1. The lowest BCUT2D eigenvalue weighted by atomic mass is 10.1. The van der Waals surface area contributed by atoms with Gasteiger partial charge in [-0.1, -0.05) is 34.8 Å². The maximum absolute atomic E-state index is 11.8. The smallest absolute Gasteiger partial charge is 0.272 e. The quantitative estimate of drug-likeness (QED) is 0.550. The van der Waals surface area contributed by atoms with Crippen LogP contribution in [0.5, 0.6) is 0 Å². The van der Waals surface area contributed by atoms with Crippen LogP contribution in [0.2, 0.25) is 0 Å². The van der Waals surface area contributed by atoms with Crippen molar-refractivity contribution in [1.82, 2.24) is 16.0 Å². The molecule has 1 aromatic rings. The third kappa shape index (κ3) is 6.34. The fourth-order valence-electron chi connectivity index (χ4n) is 2.33. The molecular weight excluding hydrogens is 417 g/mol. The Hall–Kier alpha value is -1.00. The van der Waals surface area contributed by atoms with Crippen molar-refractivity contribution in [3.05, 3.63) is 24.2 Å². The molecule has 0 spiro atoms. The molecule has 1 aliphatic heterocycles. The monoisotopic (exact) mass is 431 g/mol. The van der Waals surface area contributed by atoms with Gasteiger partial charge in [-0.3, -0.25) is 9.59 Å². The number of hydrogen-bond acceptors (Lipinski definition) is 6. The van der Waals surface area contributed by atoms with Crippen molar-refractivity contribution in [2.75, 3.05) is 18.1 Å². The zero-order chi connectivity index (χ0) is 18.7. The largest absolute Gasteiger partial charge is 0.467 e. The summed E-state index contributed by atoms with van der Waals surface area (Å²) in [7, 11) is -3.38. The van der Waals surface area contributed by atoms with E-state index in [9.17, 15) is 18.0 Å². The standard InChI is InChI=1S/C13H16Cl3N3O5S/c14-13(15,16)12(21)19-10-7-25(22,23)6-9(10)17-5-11(20)18-4-8-2-1-3-24-8/h1-3,9-10,17H,4-7H2,(H,18,20)(H,19,21). The fraction of sp³-hybridized carbons (Fsp3) is 0.538. The molecule has 1 aliphatic rings. The van der Waals surface area contributed by atoms with Gasteiger partial charge in [0, 0.05) is 6.04 Å². The van der Waals surface area contributed by atoms with E-state index in [0.29, 0.717) is 5.76 Å². The molecule has 2 amide bonds. The Morgan fingerprint density at radius 2 is 1.92 bits per heavy atom. The van der Waals surface area contributed by atoms with Crippen LogP contribution in [0.4, 0.5) is 0 Å². The lowest BCUT2D eigenvalue weighted by molar-refractivity contribution is -0.120. The van der Waals surface area contributed by atoms with Gasteiger partial charge in [-0.25, -0.2) is 8.42 Å². The molecule has 2 rings (SSSR count). The van der Waals surface area contributed by atoms with Crippen LogP contribution in [-0.2, 0) is 26.0 Å². The lowest BCUT2D eigenvalue weighted by Gasteiger charge is -2.22. The molecule has 1 fully saturated rings. The second-order valence-electron chi connectivity index (χ2n) is 5.50. The Morgan fingerprint density at radius 3 is 2.52 bits per heavy atom. The van der Waals surface area contributed by atoms with E-state index >= 15 is 0 Å². The zero-order valence-electron chi connectivity index (χ0n) is 12.8. The molecule has 2 unspecified atom stereocenters. The van der Waals surface area contributed by atoms with E-state index in [1.807, 2.05) is 0 Å². The van der Waals surface area contributed by atoms with Gasteiger partial charge in [-0.05, 0) is 12.1 Å². The van der Waals surface area contributed by atoms with E-state index < -0.39 is 31.6 Å². The minimum Gasteiger partial charge on any atom is -0.467 e. The summed E-state index contributed by atoms with van der Waals surface area (Å²) in [6.07, 6.45) is 1.49. The van der Waals surface area contributed by atoms with Crippen molar-refractivity contribution in [2.45, 2.75) is 22.4 Å². The van der Waals surface area contributed by atoms with Crippen molar-refractivity contribution in [1.29, 1.82) is 0 Å².